The van der Waals surface area contributed by atoms with Gasteiger partial charge in [-0.05, 0) is 37.5 Å². The van der Waals surface area contributed by atoms with E-state index in [1.165, 1.54) is 0 Å². The lowest BCUT2D eigenvalue weighted by Crippen LogP contribution is -2.49. The molecular weight excluding hydrogens is 328 g/mol. The van der Waals surface area contributed by atoms with Gasteiger partial charge in [0.05, 0.1) is 6.61 Å². The van der Waals surface area contributed by atoms with Crippen LogP contribution in [0.3, 0.4) is 0 Å². The number of rotatable bonds is 5. The van der Waals surface area contributed by atoms with Crippen molar-refractivity contribution in [2.24, 2.45) is 0 Å². The lowest BCUT2D eigenvalue weighted by atomic mass is 10.0. The molecule has 2 atom stereocenters. The average molecular weight is 352 g/mol. The van der Waals surface area contributed by atoms with E-state index in [4.69, 9.17) is 4.74 Å². The molecule has 0 bridgehead atoms. The number of ether oxygens (including phenoxy) is 1. The Labute approximate surface area is 145 Å². The van der Waals surface area contributed by atoms with Gasteiger partial charge in [0, 0.05) is 47.5 Å². The third-order valence-electron chi connectivity index (χ3n) is 3.85. The van der Waals surface area contributed by atoms with Crippen molar-refractivity contribution in [2.45, 2.75) is 31.6 Å². The van der Waals surface area contributed by atoms with Crippen LogP contribution >= 0.6 is 0 Å². The van der Waals surface area contributed by atoms with Gasteiger partial charge in [0.25, 0.3) is 5.91 Å². The Morgan fingerprint density at radius 1 is 1.42 bits per heavy atom. The second-order valence-electron chi connectivity index (χ2n) is 5.87. The van der Waals surface area contributed by atoms with Gasteiger partial charge in [-0.25, -0.2) is 4.79 Å². The molecule has 1 saturated heterocycles. The number of carbonyl (C=O) groups is 2. The quantitative estimate of drug-likeness (QED) is 0.878. The van der Waals surface area contributed by atoms with Gasteiger partial charge in [0.15, 0.2) is 0 Å². The molecular formula is C17H24N2O4S. The van der Waals surface area contributed by atoms with Gasteiger partial charge < -0.3 is 15.0 Å². The van der Waals surface area contributed by atoms with E-state index >= 15 is 0 Å². The first kappa shape index (κ1) is 18.4. The molecule has 24 heavy (non-hydrogen) atoms. The molecule has 0 spiro atoms. The Morgan fingerprint density at radius 2 is 2.21 bits per heavy atom. The Morgan fingerprint density at radius 3 is 2.92 bits per heavy atom. The molecule has 0 radical (unpaired) electrons. The summed E-state index contributed by atoms with van der Waals surface area (Å²) < 4.78 is 16.3. The maximum Gasteiger partial charge on any atom is 0.407 e. The molecule has 0 saturated carbocycles. The summed E-state index contributed by atoms with van der Waals surface area (Å²) in [7, 11) is -0.944. The topological polar surface area (TPSA) is 75.7 Å². The molecule has 1 aliphatic rings. The van der Waals surface area contributed by atoms with Gasteiger partial charge >= 0.3 is 6.09 Å². The van der Waals surface area contributed by atoms with Crippen LogP contribution < -0.4 is 5.32 Å². The van der Waals surface area contributed by atoms with E-state index < -0.39 is 16.9 Å². The van der Waals surface area contributed by atoms with Crippen LogP contribution in [0.25, 0.3) is 0 Å². The molecule has 2 rings (SSSR count). The standard InChI is InChI=1S/C17H24N2O4S/c1-3-23-17(21)18-15-8-5-9-19(11-15)16(20)14-7-4-6-13(10-14)12-24(2)22/h4,6-7,10,15H,3,5,8-9,11-12H2,1-2H3,(H,18,21)/t15-,24+/m1/s1. The zero-order valence-electron chi connectivity index (χ0n) is 14.1. The van der Waals surface area contributed by atoms with Crippen molar-refractivity contribution in [3.63, 3.8) is 0 Å². The molecule has 1 fully saturated rings. The predicted octanol–water partition coefficient (Wildman–Crippen LogP) is 1.92. The van der Waals surface area contributed by atoms with Crippen LogP contribution in [0.15, 0.2) is 24.3 Å². The SMILES string of the molecule is CCOC(=O)N[C@@H]1CCCN(C(=O)c2cccc(C[S@](C)=O)c2)C1. The zero-order valence-corrected chi connectivity index (χ0v) is 14.9. The van der Waals surface area contributed by atoms with Gasteiger partial charge in [-0.15, -0.1) is 0 Å². The van der Waals surface area contributed by atoms with Crippen LogP contribution in [0.5, 0.6) is 0 Å². The summed E-state index contributed by atoms with van der Waals surface area (Å²) in [4.78, 5) is 26.0. The summed E-state index contributed by atoms with van der Waals surface area (Å²) in [5, 5.41) is 2.80. The molecule has 132 valence electrons. The van der Waals surface area contributed by atoms with E-state index in [0.717, 1.165) is 18.4 Å². The summed E-state index contributed by atoms with van der Waals surface area (Å²) in [6, 6.07) is 7.17. The van der Waals surface area contributed by atoms with Gasteiger partial charge in [0.2, 0.25) is 0 Å². The zero-order chi connectivity index (χ0) is 17.5. The number of likely N-dealkylation sites (tertiary alicyclic amines) is 1. The lowest BCUT2D eigenvalue weighted by molar-refractivity contribution is 0.0686. The van der Waals surface area contributed by atoms with Gasteiger partial charge in [-0.2, -0.15) is 0 Å². The fourth-order valence-electron chi connectivity index (χ4n) is 2.83. The molecule has 7 heteroatoms. The van der Waals surface area contributed by atoms with Crippen molar-refractivity contribution in [3.05, 3.63) is 35.4 Å². The first-order chi connectivity index (χ1) is 11.5. The Bertz CT molecular complexity index is 620. The molecule has 6 nitrogen and oxygen atoms in total. The fraction of sp³-hybridized carbons (Fsp3) is 0.529. The Hall–Kier alpha value is -1.89. The van der Waals surface area contributed by atoms with Gasteiger partial charge in [-0.1, -0.05) is 12.1 Å². The minimum Gasteiger partial charge on any atom is -0.450 e. The van der Waals surface area contributed by atoms with E-state index in [9.17, 15) is 13.8 Å². The summed E-state index contributed by atoms with van der Waals surface area (Å²) in [5.74, 6) is 0.378. The molecule has 0 unspecified atom stereocenters. The number of nitrogens with one attached hydrogen (secondary N) is 1. The maximum atomic E-state index is 12.7. The van der Waals surface area contributed by atoms with Crippen molar-refractivity contribution >= 4 is 22.8 Å². The summed E-state index contributed by atoms with van der Waals surface area (Å²) >= 11 is 0. The predicted molar refractivity (Wildman–Crippen MR) is 93.3 cm³/mol. The summed E-state index contributed by atoms with van der Waals surface area (Å²) in [6.45, 7) is 3.23. The van der Waals surface area contributed by atoms with E-state index in [2.05, 4.69) is 5.32 Å². The minimum atomic E-state index is -0.944. The Balaban J connectivity index is 2.01. The first-order valence-corrected chi connectivity index (χ1v) is 9.84. The van der Waals surface area contributed by atoms with Crippen LogP contribution in [0.4, 0.5) is 4.79 Å². The Kier molecular flexibility index (Phi) is 6.78. The summed E-state index contributed by atoms with van der Waals surface area (Å²) in [5.41, 5.74) is 1.48. The third-order valence-corrected chi connectivity index (χ3v) is 4.59. The number of benzene rings is 1. The normalized spacial score (nSPS) is 18.8. The van der Waals surface area contributed by atoms with Crippen molar-refractivity contribution in [3.8, 4) is 0 Å². The van der Waals surface area contributed by atoms with E-state index in [-0.39, 0.29) is 11.9 Å². The van der Waals surface area contributed by atoms with Crippen LogP contribution in [-0.2, 0) is 21.3 Å². The summed E-state index contributed by atoms with van der Waals surface area (Å²) in [6.07, 6.45) is 2.87. The van der Waals surface area contributed by atoms with Crippen LogP contribution in [0, 0.1) is 0 Å². The van der Waals surface area contributed by atoms with E-state index in [0.29, 0.717) is 31.0 Å². The maximum absolute atomic E-state index is 12.7. The number of nitrogens with zero attached hydrogens (tertiary/aromatic N) is 1. The van der Waals surface area contributed by atoms with Crippen molar-refractivity contribution in [1.82, 2.24) is 10.2 Å². The average Bonchev–Trinajstić information content (AvgIpc) is 2.54. The molecule has 1 N–H and O–H groups in total. The minimum absolute atomic E-state index is 0.0610. The third kappa shape index (κ3) is 5.33. The highest BCUT2D eigenvalue weighted by atomic mass is 32.2. The largest absolute Gasteiger partial charge is 0.450 e. The fourth-order valence-corrected chi connectivity index (χ4v) is 3.48. The number of amides is 2. The van der Waals surface area contributed by atoms with Gasteiger partial charge in [-0.3, -0.25) is 9.00 Å². The van der Waals surface area contributed by atoms with Gasteiger partial charge in [0.1, 0.15) is 0 Å². The number of carbonyl (C=O) groups excluding carboxylic acids is 2. The molecule has 1 aromatic carbocycles. The van der Waals surface area contributed by atoms with E-state index in [1.807, 2.05) is 12.1 Å². The van der Waals surface area contributed by atoms with Crippen LogP contribution in [-0.4, -0.2) is 53.1 Å². The second-order valence-corrected chi connectivity index (χ2v) is 7.31. The highest BCUT2D eigenvalue weighted by Gasteiger charge is 2.25. The first-order valence-electron chi connectivity index (χ1n) is 8.11. The number of piperidine rings is 1. The number of hydrogen-bond acceptors (Lipinski definition) is 4. The van der Waals surface area contributed by atoms with Crippen LogP contribution in [0.1, 0.15) is 35.7 Å². The molecule has 1 aliphatic heterocycles. The van der Waals surface area contributed by atoms with Crippen molar-refractivity contribution < 1.29 is 18.5 Å². The molecule has 0 aromatic heterocycles. The molecule has 1 heterocycles. The highest BCUT2D eigenvalue weighted by Crippen LogP contribution is 2.16. The van der Waals surface area contributed by atoms with E-state index in [1.54, 1.807) is 30.2 Å². The molecule has 0 aliphatic carbocycles. The van der Waals surface area contributed by atoms with Crippen molar-refractivity contribution in [2.75, 3.05) is 26.0 Å². The highest BCUT2D eigenvalue weighted by molar-refractivity contribution is 7.83. The lowest BCUT2D eigenvalue weighted by Gasteiger charge is -2.33. The number of hydrogen-bond donors (Lipinski definition) is 1. The monoisotopic (exact) mass is 352 g/mol. The number of alkyl carbamates (subject to hydrolysis) is 1. The van der Waals surface area contributed by atoms with Crippen molar-refractivity contribution in [1.29, 1.82) is 0 Å². The second kappa shape index (κ2) is 8.82. The van der Waals surface area contributed by atoms with Crippen LogP contribution in [0.2, 0.25) is 0 Å². The molecule has 1 aromatic rings. The molecule has 2 amide bonds. The smallest absolute Gasteiger partial charge is 0.407 e.